The Morgan fingerprint density at radius 1 is 0.833 bits per heavy atom. The first-order chi connectivity index (χ1) is 20.1. The normalized spacial score (nSPS) is 14.6. The Balaban J connectivity index is 1.44. The summed E-state index contributed by atoms with van der Waals surface area (Å²) in [4.78, 5) is 39.5. The molecule has 0 aliphatic carbocycles. The minimum atomic E-state index is -4.35. The number of rotatable bonds is 8. The van der Waals surface area contributed by atoms with Gasteiger partial charge in [0.05, 0.1) is 10.7 Å². The maximum Gasteiger partial charge on any atom is 0.339 e. The van der Waals surface area contributed by atoms with Gasteiger partial charge in [0.25, 0.3) is 11.8 Å². The van der Waals surface area contributed by atoms with Crippen LogP contribution in [0.1, 0.15) is 11.1 Å². The smallest absolute Gasteiger partial charge is 0.339 e. The van der Waals surface area contributed by atoms with Crippen molar-refractivity contribution in [1.29, 1.82) is 0 Å². The number of nitrogens with one attached hydrogen (secondary N) is 1. The van der Waals surface area contributed by atoms with Crippen molar-refractivity contribution in [3.63, 3.8) is 0 Å². The third-order valence-corrected chi connectivity index (χ3v) is 7.74. The van der Waals surface area contributed by atoms with Crippen molar-refractivity contribution >= 4 is 62.9 Å². The molecule has 1 saturated heterocycles. The third-order valence-electron chi connectivity index (χ3n) is 6.01. The van der Waals surface area contributed by atoms with E-state index in [9.17, 15) is 22.8 Å². The van der Waals surface area contributed by atoms with Gasteiger partial charge in [0.2, 0.25) is 0 Å². The van der Waals surface area contributed by atoms with E-state index in [1.807, 2.05) is 30.3 Å². The average Bonchev–Trinajstić information content (AvgIpc) is 2.97. The zero-order chi connectivity index (χ0) is 29.9. The fraction of sp³-hybridized carbons (Fsp3) is 0.0333. The number of carbonyl (C=O) groups excluding carboxylic acids is 3. The molecule has 9 nitrogen and oxygen atoms in total. The number of barbiturate groups is 1. The van der Waals surface area contributed by atoms with Crippen LogP contribution in [-0.4, -0.2) is 26.3 Å². The Morgan fingerprint density at radius 3 is 2.14 bits per heavy atom. The summed E-state index contributed by atoms with van der Waals surface area (Å²) < 4.78 is 36.9. The van der Waals surface area contributed by atoms with Crippen molar-refractivity contribution < 1.29 is 31.7 Å². The van der Waals surface area contributed by atoms with Crippen molar-refractivity contribution in [3.05, 3.63) is 124 Å². The first-order valence-corrected chi connectivity index (χ1v) is 14.5. The summed E-state index contributed by atoms with van der Waals surface area (Å²) in [6.45, 7) is 0.317. The van der Waals surface area contributed by atoms with Gasteiger partial charge in [-0.2, -0.15) is 8.42 Å². The van der Waals surface area contributed by atoms with E-state index in [4.69, 9.17) is 32.1 Å². The molecule has 0 spiro atoms. The van der Waals surface area contributed by atoms with Crippen molar-refractivity contribution in [2.75, 3.05) is 4.90 Å². The SMILES string of the molecule is O=C1NC(=O)N(c2ccc(OCc3ccccc3)cc2)C(=O)/C1=C/c1cc(Cl)cc(Cl)c1OS(=O)(=O)c1ccccc1. The number of carbonyl (C=O) groups is 3. The fourth-order valence-corrected chi connectivity index (χ4v) is 5.59. The minimum Gasteiger partial charge on any atom is -0.489 e. The molecular formula is C30H20Cl2N2O7S. The topological polar surface area (TPSA) is 119 Å². The van der Waals surface area contributed by atoms with Gasteiger partial charge in [0.1, 0.15) is 22.8 Å². The second kappa shape index (κ2) is 12.1. The predicted molar refractivity (Wildman–Crippen MR) is 157 cm³/mol. The van der Waals surface area contributed by atoms with Crippen LogP contribution < -0.4 is 19.1 Å². The highest BCUT2D eigenvalue weighted by Crippen LogP contribution is 2.36. The number of imide groups is 2. The molecule has 0 aromatic heterocycles. The number of urea groups is 1. The molecule has 1 aliphatic rings. The van der Waals surface area contributed by atoms with E-state index in [1.54, 1.807) is 18.2 Å². The Morgan fingerprint density at radius 2 is 1.48 bits per heavy atom. The largest absolute Gasteiger partial charge is 0.489 e. The van der Waals surface area contributed by atoms with Gasteiger partial charge in [0, 0.05) is 10.6 Å². The van der Waals surface area contributed by atoms with Crippen LogP contribution in [-0.2, 0) is 26.3 Å². The van der Waals surface area contributed by atoms with Crippen molar-refractivity contribution in [3.8, 4) is 11.5 Å². The summed E-state index contributed by atoms with van der Waals surface area (Å²) in [5, 5.41) is 2.01. The highest BCUT2D eigenvalue weighted by atomic mass is 35.5. The Kier molecular flexibility index (Phi) is 8.30. The van der Waals surface area contributed by atoms with Crippen LogP contribution in [0.4, 0.5) is 10.5 Å². The van der Waals surface area contributed by atoms with Gasteiger partial charge < -0.3 is 8.92 Å². The van der Waals surface area contributed by atoms with Crippen LogP contribution in [0.25, 0.3) is 6.08 Å². The molecule has 0 unspecified atom stereocenters. The molecule has 0 saturated carbocycles. The predicted octanol–water partition coefficient (Wildman–Crippen LogP) is 6.01. The molecule has 1 aliphatic heterocycles. The maximum absolute atomic E-state index is 13.5. The molecule has 0 atom stereocenters. The van der Waals surface area contributed by atoms with E-state index >= 15 is 0 Å². The summed E-state index contributed by atoms with van der Waals surface area (Å²) in [6, 6.07) is 24.5. The second-order valence-electron chi connectivity index (χ2n) is 8.88. The summed E-state index contributed by atoms with van der Waals surface area (Å²) in [5.41, 5.74) is 0.556. The maximum atomic E-state index is 13.5. The standard InChI is InChI=1S/C30H20Cl2N2O7S/c31-21-15-20(27(26(32)17-21)41-42(38,39)24-9-5-2-6-10-24)16-25-28(35)33-30(37)34(29(25)36)22-11-13-23(14-12-22)40-18-19-7-3-1-4-8-19/h1-17H,18H2,(H,33,35,37)/b25-16+. The van der Waals surface area contributed by atoms with E-state index in [2.05, 4.69) is 5.32 Å². The molecule has 12 heteroatoms. The van der Waals surface area contributed by atoms with Crippen molar-refractivity contribution in [2.45, 2.75) is 11.5 Å². The molecular weight excluding hydrogens is 603 g/mol. The zero-order valence-corrected chi connectivity index (χ0v) is 23.8. The second-order valence-corrected chi connectivity index (χ2v) is 11.3. The molecule has 0 radical (unpaired) electrons. The van der Waals surface area contributed by atoms with E-state index in [1.165, 1.54) is 48.5 Å². The molecule has 1 heterocycles. The van der Waals surface area contributed by atoms with Gasteiger partial charge in [-0.25, -0.2) is 9.69 Å². The van der Waals surface area contributed by atoms with Crippen LogP contribution in [0.15, 0.2) is 108 Å². The molecule has 212 valence electrons. The molecule has 0 bridgehead atoms. The van der Waals surface area contributed by atoms with Crippen LogP contribution in [0, 0.1) is 0 Å². The highest BCUT2D eigenvalue weighted by Gasteiger charge is 2.37. The number of ether oxygens (including phenoxy) is 1. The minimum absolute atomic E-state index is 0.0792. The number of amides is 4. The zero-order valence-electron chi connectivity index (χ0n) is 21.5. The number of hydrogen-bond donors (Lipinski definition) is 1. The van der Waals surface area contributed by atoms with Gasteiger partial charge in [-0.15, -0.1) is 0 Å². The average molecular weight is 623 g/mol. The van der Waals surface area contributed by atoms with Crippen molar-refractivity contribution in [2.24, 2.45) is 0 Å². The molecule has 4 aromatic carbocycles. The highest BCUT2D eigenvalue weighted by molar-refractivity contribution is 7.87. The van der Waals surface area contributed by atoms with Gasteiger partial charge >= 0.3 is 16.1 Å². The van der Waals surface area contributed by atoms with E-state index in [0.29, 0.717) is 12.4 Å². The number of hydrogen-bond acceptors (Lipinski definition) is 7. The van der Waals surface area contributed by atoms with Crippen LogP contribution in [0.2, 0.25) is 10.0 Å². The van der Waals surface area contributed by atoms with Gasteiger partial charge in [-0.1, -0.05) is 71.7 Å². The first-order valence-electron chi connectivity index (χ1n) is 12.3. The number of halogens is 2. The summed E-state index contributed by atoms with van der Waals surface area (Å²) in [5.74, 6) is -1.83. The van der Waals surface area contributed by atoms with Gasteiger partial charge in [0.15, 0.2) is 5.75 Å². The van der Waals surface area contributed by atoms with Crippen molar-refractivity contribution in [1.82, 2.24) is 5.32 Å². The summed E-state index contributed by atoms with van der Waals surface area (Å²) in [6.07, 6.45) is 1.06. The monoisotopic (exact) mass is 622 g/mol. The summed E-state index contributed by atoms with van der Waals surface area (Å²) in [7, 11) is -4.35. The van der Waals surface area contributed by atoms with Gasteiger partial charge in [-0.3, -0.25) is 14.9 Å². The lowest BCUT2D eigenvalue weighted by atomic mass is 10.1. The van der Waals surface area contributed by atoms with E-state index in [-0.39, 0.29) is 31.9 Å². The van der Waals surface area contributed by atoms with E-state index in [0.717, 1.165) is 16.5 Å². The Bertz CT molecular complexity index is 1810. The number of nitrogens with zero attached hydrogens (tertiary/aromatic N) is 1. The summed E-state index contributed by atoms with van der Waals surface area (Å²) >= 11 is 12.4. The third kappa shape index (κ3) is 6.31. The number of anilines is 1. The molecule has 5 rings (SSSR count). The van der Waals surface area contributed by atoms with Crippen LogP contribution in [0.5, 0.6) is 11.5 Å². The van der Waals surface area contributed by atoms with Crippen LogP contribution >= 0.6 is 23.2 Å². The molecule has 4 amide bonds. The molecule has 4 aromatic rings. The lowest BCUT2D eigenvalue weighted by molar-refractivity contribution is -0.122. The lowest BCUT2D eigenvalue weighted by Crippen LogP contribution is -2.54. The van der Waals surface area contributed by atoms with Crippen LogP contribution in [0.3, 0.4) is 0 Å². The number of benzene rings is 4. The quantitative estimate of drug-likeness (QED) is 0.145. The fourth-order valence-electron chi connectivity index (χ4n) is 4.00. The lowest BCUT2D eigenvalue weighted by Gasteiger charge is -2.26. The van der Waals surface area contributed by atoms with E-state index < -0.39 is 33.5 Å². The molecule has 1 N–H and O–H groups in total. The first kappa shape index (κ1) is 28.9. The molecule has 42 heavy (non-hydrogen) atoms. The van der Waals surface area contributed by atoms with Gasteiger partial charge in [-0.05, 0) is 60.2 Å². The molecule has 1 fully saturated rings. The Labute approximate surface area is 251 Å². The Hall–Kier alpha value is -4.64.